The fraction of sp³-hybridized carbons (Fsp3) is 0.591. The minimum Gasteiger partial charge on any atom is -0.368 e. The van der Waals surface area contributed by atoms with Gasteiger partial charge in [0, 0.05) is 50.9 Å². The van der Waals surface area contributed by atoms with Gasteiger partial charge >= 0.3 is 0 Å². The highest BCUT2D eigenvalue weighted by atomic mass is 16.2. The van der Waals surface area contributed by atoms with E-state index in [1.807, 2.05) is 36.9 Å². The van der Waals surface area contributed by atoms with E-state index in [-0.39, 0.29) is 30.1 Å². The van der Waals surface area contributed by atoms with Gasteiger partial charge in [-0.1, -0.05) is 32.0 Å². The molecule has 0 saturated carbocycles. The highest BCUT2D eigenvalue weighted by Crippen LogP contribution is 2.20. The molecular weight excluding hydrogens is 368 g/mol. The molecular formula is C22H32N4O3. The Bertz CT molecular complexity index is 712. The number of benzene rings is 1. The van der Waals surface area contributed by atoms with Crippen LogP contribution in [0, 0.1) is 5.92 Å². The Hall–Kier alpha value is -2.57. The first-order valence-electron chi connectivity index (χ1n) is 10.7. The Labute approximate surface area is 173 Å². The van der Waals surface area contributed by atoms with E-state index in [1.165, 1.54) is 0 Å². The van der Waals surface area contributed by atoms with E-state index >= 15 is 0 Å². The number of piperazine rings is 2. The lowest BCUT2D eigenvalue weighted by molar-refractivity contribution is -0.149. The molecule has 0 spiro atoms. The normalized spacial score (nSPS) is 20.0. The second-order valence-electron chi connectivity index (χ2n) is 7.76. The highest BCUT2D eigenvalue weighted by Gasteiger charge is 2.37. The number of rotatable bonds is 6. The largest absolute Gasteiger partial charge is 0.368 e. The maximum atomic E-state index is 12.9. The van der Waals surface area contributed by atoms with Crippen molar-refractivity contribution in [1.82, 2.24) is 15.1 Å². The van der Waals surface area contributed by atoms with Crippen LogP contribution in [0.3, 0.4) is 0 Å². The quantitative estimate of drug-likeness (QED) is 0.785. The Morgan fingerprint density at radius 1 is 1.03 bits per heavy atom. The topological polar surface area (TPSA) is 73.0 Å². The van der Waals surface area contributed by atoms with Crippen molar-refractivity contribution in [3.63, 3.8) is 0 Å². The summed E-state index contributed by atoms with van der Waals surface area (Å²) in [6, 6.07) is 9.47. The zero-order valence-electron chi connectivity index (χ0n) is 17.5. The molecule has 7 nitrogen and oxygen atoms in total. The Morgan fingerprint density at radius 2 is 1.69 bits per heavy atom. The molecule has 2 heterocycles. The van der Waals surface area contributed by atoms with Crippen LogP contribution >= 0.6 is 0 Å². The summed E-state index contributed by atoms with van der Waals surface area (Å²) in [6.45, 7) is 7.69. The van der Waals surface area contributed by atoms with Crippen LogP contribution in [0.25, 0.3) is 0 Å². The van der Waals surface area contributed by atoms with Crippen LogP contribution < -0.4 is 10.2 Å². The van der Waals surface area contributed by atoms with Gasteiger partial charge in [-0.3, -0.25) is 14.4 Å². The second kappa shape index (κ2) is 9.76. The Kier molecular flexibility index (Phi) is 7.12. The number of carbonyl (C=O) groups excluding carboxylic acids is 3. The zero-order chi connectivity index (χ0) is 20.8. The lowest BCUT2D eigenvalue weighted by atomic mass is 9.98. The number of nitrogens with zero attached hydrogens (tertiary/aromatic N) is 3. The molecule has 0 aliphatic carbocycles. The fourth-order valence-corrected chi connectivity index (χ4v) is 4.20. The lowest BCUT2D eigenvalue weighted by Gasteiger charge is -2.39. The van der Waals surface area contributed by atoms with E-state index in [0.717, 1.165) is 31.6 Å². The maximum Gasteiger partial charge on any atom is 0.243 e. The van der Waals surface area contributed by atoms with Crippen molar-refractivity contribution < 1.29 is 14.4 Å². The summed E-state index contributed by atoms with van der Waals surface area (Å²) < 4.78 is 0. The van der Waals surface area contributed by atoms with Gasteiger partial charge in [0.05, 0.1) is 6.42 Å². The van der Waals surface area contributed by atoms with Crippen molar-refractivity contribution in [2.45, 2.75) is 39.2 Å². The number of amides is 3. The number of para-hydroxylation sites is 1. The zero-order valence-corrected chi connectivity index (χ0v) is 17.5. The van der Waals surface area contributed by atoms with Gasteiger partial charge in [-0.15, -0.1) is 0 Å². The minimum absolute atomic E-state index is 0.00320. The van der Waals surface area contributed by atoms with Gasteiger partial charge in [0.1, 0.15) is 6.04 Å². The second-order valence-corrected chi connectivity index (χ2v) is 7.76. The summed E-state index contributed by atoms with van der Waals surface area (Å²) in [4.78, 5) is 44.0. The molecule has 1 atom stereocenters. The van der Waals surface area contributed by atoms with E-state index in [9.17, 15) is 14.4 Å². The summed E-state index contributed by atoms with van der Waals surface area (Å²) in [5, 5.41) is 2.82. The number of hydrogen-bond acceptors (Lipinski definition) is 4. The van der Waals surface area contributed by atoms with Crippen molar-refractivity contribution in [2.24, 2.45) is 5.92 Å². The smallest absolute Gasteiger partial charge is 0.243 e. The van der Waals surface area contributed by atoms with Gasteiger partial charge < -0.3 is 20.0 Å². The summed E-state index contributed by atoms with van der Waals surface area (Å²) in [7, 11) is 0. The standard InChI is InChI=1S/C22H32N4O3/c1-3-17(4-2)22(29)26-11-10-23-21(28)19(26)16-20(27)25-14-12-24(13-15-25)18-8-6-5-7-9-18/h5-9,17,19H,3-4,10-16H2,1-2H3,(H,23,28). The van der Waals surface area contributed by atoms with Crippen LogP contribution in [0.1, 0.15) is 33.1 Å². The third-order valence-corrected chi connectivity index (χ3v) is 6.07. The molecule has 1 aromatic rings. The number of carbonyl (C=O) groups is 3. The number of nitrogens with one attached hydrogen (secondary N) is 1. The highest BCUT2D eigenvalue weighted by molar-refractivity contribution is 5.93. The summed E-state index contributed by atoms with van der Waals surface area (Å²) in [5.41, 5.74) is 1.16. The van der Waals surface area contributed by atoms with Gasteiger partial charge in [0.25, 0.3) is 0 Å². The molecule has 2 fully saturated rings. The first-order valence-corrected chi connectivity index (χ1v) is 10.7. The molecule has 0 bridgehead atoms. The first-order chi connectivity index (χ1) is 14.0. The molecule has 2 aliphatic heterocycles. The molecule has 3 amide bonds. The Morgan fingerprint density at radius 3 is 2.31 bits per heavy atom. The van der Waals surface area contributed by atoms with E-state index < -0.39 is 6.04 Å². The summed E-state index contributed by atoms with van der Waals surface area (Å²) in [6.07, 6.45) is 1.55. The number of hydrogen-bond donors (Lipinski definition) is 1. The predicted molar refractivity (Wildman–Crippen MR) is 112 cm³/mol. The van der Waals surface area contributed by atoms with Crippen molar-refractivity contribution in [3.8, 4) is 0 Å². The average Bonchev–Trinajstić information content (AvgIpc) is 2.76. The summed E-state index contributed by atoms with van der Waals surface area (Å²) in [5.74, 6) is -0.363. The maximum absolute atomic E-state index is 12.9. The number of anilines is 1. The van der Waals surface area contributed by atoms with Crippen LogP contribution in [0.4, 0.5) is 5.69 Å². The van der Waals surface area contributed by atoms with E-state index in [4.69, 9.17) is 0 Å². The Balaban J connectivity index is 1.60. The molecule has 0 radical (unpaired) electrons. The van der Waals surface area contributed by atoms with Crippen LogP contribution in [0.15, 0.2) is 30.3 Å². The molecule has 1 N–H and O–H groups in total. The van der Waals surface area contributed by atoms with Crippen LogP contribution in [-0.2, 0) is 14.4 Å². The van der Waals surface area contributed by atoms with Crippen molar-refractivity contribution in [1.29, 1.82) is 0 Å². The SMILES string of the molecule is CCC(CC)C(=O)N1CCNC(=O)C1CC(=O)N1CCN(c2ccccc2)CC1. The molecule has 3 rings (SSSR count). The predicted octanol–water partition coefficient (Wildman–Crippen LogP) is 1.49. The molecule has 7 heteroatoms. The molecule has 2 saturated heterocycles. The molecule has 2 aliphatic rings. The monoisotopic (exact) mass is 400 g/mol. The minimum atomic E-state index is -0.698. The van der Waals surface area contributed by atoms with Gasteiger partial charge in [0.2, 0.25) is 17.7 Å². The fourth-order valence-electron chi connectivity index (χ4n) is 4.20. The molecule has 29 heavy (non-hydrogen) atoms. The molecule has 0 aromatic heterocycles. The third kappa shape index (κ3) is 4.89. The van der Waals surface area contributed by atoms with E-state index in [0.29, 0.717) is 26.2 Å². The van der Waals surface area contributed by atoms with Crippen molar-refractivity contribution >= 4 is 23.4 Å². The summed E-state index contributed by atoms with van der Waals surface area (Å²) >= 11 is 0. The molecule has 1 unspecified atom stereocenters. The van der Waals surface area contributed by atoms with Crippen LogP contribution in [0.2, 0.25) is 0 Å². The molecule has 1 aromatic carbocycles. The van der Waals surface area contributed by atoms with Gasteiger partial charge in [-0.05, 0) is 25.0 Å². The lowest BCUT2D eigenvalue weighted by Crippen LogP contribution is -2.60. The van der Waals surface area contributed by atoms with Crippen molar-refractivity contribution in [2.75, 3.05) is 44.2 Å². The van der Waals surface area contributed by atoms with Gasteiger partial charge in [-0.25, -0.2) is 0 Å². The van der Waals surface area contributed by atoms with Crippen LogP contribution in [-0.4, -0.2) is 72.8 Å². The average molecular weight is 401 g/mol. The van der Waals surface area contributed by atoms with Crippen molar-refractivity contribution in [3.05, 3.63) is 30.3 Å². The van der Waals surface area contributed by atoms with E-state index in [2.05, 4.69) is 22.3 Å². The first kappa shape index (κ1) is 21.1. The van der Waals surface area contributed by atoms with E-state index in [1.54, 1.807) is 4.90 Å². The van der Waals surface area contributed by atoms with Crippen LogP contribution in [0.5, 0.6) is 0 Å². The molecule has 158 valence electrons. The third-order valence-electron chi connectivity index (χ3n) is 6.07. The van der Waals surface area contributed by atoms with Gasteiger partial charge in [0.15, 0.2) is 0 Å². The van der Waals surface area contributed by atoms with Gasteiger partial charge in [-0.2, -0.15) is 0 Å².